The van der Waals surface area contributed by atoms with Crippen molar-refractivity contribution in [2.24, 2.45) is 0 Å². The van der Waals surface area contributed by atoms with Crippen LogP contribution in [0.3, 0.4) is 0 Å². The minimum absolute atomic E-state index is 0.259. The third-order valence-corrected chi connectivity index (χ3v) is 6.50. The van der Waals surface area contributed by atoms with Gasteiger partial charge in [0.05, 0.1) is 11.0 Å². The first-order valence-electron chi connectivity index (χ1n) is 8.19. The molecule has 23 heavy (non-hydrogen) atoms. The summed E-state index contributed by atoms with van der Waals surface area (Å²) in [5.41, 5.74) is 2.54. The third kappa shape index (κ3) is 2.03. The van der Waals surface area contributed by atoms with E-state index in [2.05, 4.69) is 36.4 Å². The summed E-state index contributed by atoms with van der Waals surface area (Å²) in [6.07, 6.45) is 3.18. The second-order valence-corrected chi connectivity index (χ2v) is 7.83. The molecular weight excluding hydrogens is 304 g/mol. The van der Waals surface area contributed by atoms with Gasteiger partial charge in [0, 0.05) is 22.9 Å². The molecule has 0 saturated carbocycles. The van der Waals surface area contributed by atoms with Crippen molar-refractivity contribution in [3.8, 4) is 5.75 Å². The fourth-order valence-electron chi connectivity index (χ4n) is 4.10. The first-order chi connectivity index (χ1) is 11.2. The number of fused-ring (bicyclic) bond motifs is 4. The fourth-order valence-corrected chi connectivity index (χ4v) is 5.22. The third-order valence-electron chi connectivity index (χ3n) is 5.24. The van der Waals surface area contributed by atoms with E-state index in [1.54, 1.807) is 11.3 Å². The quantitative estimate of drug-likeness (QED) is 0.653. The molecule has 2 unspecified atom stereocenters. The zero-order valence-corrected chi connectivity index (χ0v) is 13.6. The van der Waals surface area contributed by atoms with E-state index in [0.29, 0.717) is 6.42 Å². The topological polar surface area (TPSA) is 29.5 Å². The molecule has 2 aliphatic rings. The molecule has 1 spiro atoms. The van der Waals surface area contributed by atoms with E-state index in [1.165, 1.54) is 15.8 Å². The highest BCUT2D eigenvalue weighted by Crippen LogP contribution is 2.51. The molecule has 3 heteroatoms. The van der Waals surface area contributed by atoms with Gasteiger partial charge in [-0.3, -0.25) is 0 Å². The van der Waals surface area contributed by atoms with Gasteiger partial charge in [0.15, 0.2) is 0 Å². The van der Waals surface area contributed by atoms with Crippen molar-refractivity contribution in [2.45, 2.75) is 37.4 Å². The summed E-state index contributed by atoms with van der Waals surface area (Å²) in [7, 11) is 0. The smallest absolute Gasteiger partial charge is 0.144 e. The van der Waals surface area contributed by atoms with Gasteiger partial charge >= 0.3 is 0 Å². The van der Waals surface area contributed by atoms with Gasteiger partial charge < -0.3 is 9.84 Å². The minimum atomic E-state index is -0.415. The fraction of sp³-hybridized carbons (Fsp3) is 0.300. The summed E-state index contributed by atoms with van der Waals surface area (Å²) in [4.78, 5) is 0.996. The van der Waals surface area contributed by atoms with Crippen LogP contribution in [0.2, 0.25) is 0 Å². The van der Waals surface area contributed by atoms with Crippen LogP contribution in [0.5, 0.6) is 5.75 Å². The van der Waals surface area contributed by atoms with Crippen molar-refractivity contribution < 1.29 is 9.84 Å². The van der Waals surface area contributed by atoms with E-state index in [4.69, 9.17) is 4.74 Å². The summed E-state index contributed by atoms with van der Waals surface area (Å²) < 4.78 is 7.79. The molecule has 1 aliphatic carbocycles. The normalized spacial score (nSPS) is 25.9. The van der Waals surface area contributed by atoms with Crippen molar-refractivity contribution in [3.63, 3.8) is 0 Å². The maximum absolute atomic E-state index is 10.8. The van der Waals surface area contributed by atoms with Crippen LogP contribution in [0.1, 0.15) is 34.9 Å². The standard InChI is InChI=1S/C20H18O2S/c21-16-12-20(10-9-13-5-1-2-6-14(13)11-20)22-18-15-7-3-4-8-17(15)23-19(16)18/h1-8,16,21H,9-12H2. The van der Waals surface area contributed by atoms with Gasteiger partial charge in [0.1, 0.15) is 11.4 Å². The lowest BCUT2D eigenvalue weighted by Gasteiger charge is -2.43. The minimum Gasteiger partial charge on any atom is -0.485 e. The van der Waals surface area contributed by atoms with Crippen LogP contribution in [-0.4, -0.2) is 10.7 Å². The molecule has 0 saturated heterocycles. The van der Waals surface area contributed by atoms with Gasteiger partial charge in [-0.15, -0.1) is 11.3 Å². The van der Waals surface area contributed by atoms with Crippen molar-refractivity contribution in [1.82, 2.24) is 0 Å². The zero-order chi connectivity index (χ0) is 15.4. The van der Waals surface area contributed by atoms with Crippen molar-refractivity contribution in [3.05, 3.63) is 64.5 Å². The zero-order valence-electron chi connectivity index (χ0n) is 12.8. The first kappa shape index (κ1) is 13.6. The summed E-state index contributed by atoms with van der Waals surface area (Å²) >= 11 is 1.67. The van der Waals surface area contributed by atoms with Crippen LogP contribution in [0.15, 0.2) is 48.5 Å². The van der Waals surface area contributed by atoms with E-state index in [-0.39, 0.29) is 5.60 Å². The Hall–Kier alpha value is -1.84. The highest BCUT2D eigenvalue weighted by molar-refractivity contribution is 7.19. The van der Waals surface area contributed by atoms with Crippen molar-refractivity contribution in [2.75, 3.05) is 0 Å². The molecule has 0 fully saturated rings. The summed E-state index contributed by atoms with van der Waals surface area (Å²) in [6, 6.07) is 16.9. The summed E-state index contributed by atoms with van der Waals surface area (Å²) in [5, 5.41) is 11.9. The van der Waals surface area contributed by atoms with Gasteiger partial charge in [0.2, 0.25) is 0 Å². The number of aliphatic hydroxyl groups is 1. The lowest BCUT2D eigenvalue weighted by molar-refractivity contribution is -0.0197. The van der Waals surface area contributed by atoms with Gasteiger partial charge in [-0.25, -0.2) is 0 Å². The predicted molar refractivity (Wildman–Crippen MR) is 93.2 cm³/mol. The van der Waals surface area contributed by atoms with Gasteiger partial charge in [-0.05, 0) is 36.1 Å². The Morgan fingerprint density at radius 3 is 2.74 bits per heavy atom. The molecule has 0 amide bonds. The lowest BCUT2D eigenvalue weighted by Crippen LogP contribution is -2.45. The molecule has 3 aromatic rings. The largest absolute Gasteiger partial charge is 0.485 e. The lowest BCUT2D eigenvalue weighted by atomic mass is 9.76. The molecule has 2 heterocycles. The average molecular weight is 322 g/mol. The molecule has 2 aromatic carbocycles. The van der Waals surface area contributed by atoms with E-state index in [1.807, 2.05) is 12.1 Å². The molecule has 0 bridgehead atoms. The number of rotatable bonds is 0. The number of hydrogen-bond acceptors (Lipinski definition) is 3. The Balaban J connectivity index is 1.61. The average Bonchev–Trinajstić information content (AvgIpc) is 2.94. The Bertz CT molecular complexity index is 898. The number of hydrogen-bond donors (Lipinski definition) is 1. The van der Waals surface area contributed by atoms with Crippen LogP contribution in [-0.2, 0) is 12.8 Å². The van der Waals surface area contributed by atoms with Gasteiger partial charge in [0.25, 0.3) is 0 Å². The molecular formula is C20H18O2S. The maximum atomic E-state index is 10.8. The molecule has 116 valence electrons. The van der Waals surface area contributed by atoms with Gasteiger partial charge in [-0.1, -0.05) is 36.4 Å². The van der Waals surface area contributed by atoms with Crippen molar-refractivity contribution in [1.29, 1.82) is 0 Å². The van der Waals surface area contributed by atoms with E-state index in [9.17, 15) is 5.11 Å². The SMILES string of the molecule is OC1CC2(CCc3ccccc3C2)Oc2c1sc1ccccc21. The molecule has 2 atom stereocenters. The number of thiophene rings is 1. The van der Waals surface area contributed by atoms with Crippen LogP contribution >= 0.6 is 11.3 Å². The summed E-state index contributed by atoms with van der Waals surface area (Å²) in [6.45, 7) is 0. The monoisotopic (exact) mass is 322 g/mol. The Morgan fingerprint density at radius 2 is 1.83 bits per heavy atom. The number of aryl methyl sites for hydroxylation is 1. The Morgan fingerprint density at radius 1 is 1.04 bits per heavy atom. The van der Waals surface area contributed by atoms with E-state index in [0.717, 1.165) is 35.3 Å². The molecule has 0 radical (unpaired) electrons. The second-order valence-electron chi connectivity index (χ2n) is 6.74. The van der Waals surface area contributed by atoms with E-state index < -0.39 is 6.10 Å². The maximum Gasteiger partial charge on any atom is 0.144 e. The second kappa shape index (κ2) is 4.83. The molecule has 1 aliphatic heterocycles. The van der Waals surface area contributed by atoms with Crippen LogP contribution < -0.4 is 4.74 Å². The van der Waals surface area contributed by atoms with Crippen LogP contribution in [0, 0.1) is 0 Å². The van der Waals surface area contributed by atoms with Crippen LogP contribution in [0.4, 0.5) is 0 Å². The molecule has 1 aromatic heterocycles. The Kier molecular flexibility index (Phi) is 2.85. The molecule has 5 rings (SSSR count). The number of ether oxygens (including phenoxy) is 1. The van der Waals surface area contributed by atoms with Crippen LogP contribution in [0.25, 0.3) is 10.1 Å². The molecule has 2 nitrogen and oxygen atoms in total. The molecule has 1 N–H and O–H groups in total. The Labute approximate surface area is 139 Å². The van der Waals surface area contributed by atoms with E-state index >= 15 is 0 Å². The summed E-state index contributed by atoms with van der Waals surface area (Å²) in [5.74, 6) is 0.920. The predicted octanol–water partition coefficient (Wildman–Crippen LogP) is 4.64. The number of aliphatic hydroxyl groups excluding tert-OH is 1. The first-order valence-corrected chi connectivity index (χ1v) is 9.01. The number of benzene rings is 2. The highest BCUT2D eigenvalue weighted by Gasteiger charge is 2.44. The highest BCUT2D eigenvalue weighted by atomic mass is 32.1. The van der Waals surface area contributed by atoms with Crippen molar-refractivity contribution >= 4 is 21.4 Å². The van der Waals surface area contributed by atoms with Gasteiger partial charge in [-0.2, -0.15) is 0 Å².